The van der Waals surface area contributed by atoms with Crippen molar-refractivity contribution in [1.82, 2.24) is 0 Å². The molecule has 0 N–H and O–H groups in total. The summed E-state index contributed by atoms with van der Waals surface area (Å²) in [5.74, 6) is 0. The van der Waals surface area contributed by atoms with Gasteiger partial charge in [-0.25, -0.2) is 0 Å². The van der Waals surface area contributed by atoms with Gasteiger partial charge in [-0.05, 0) is 24.1 Å². The van der Waals surface area contributed by atoms with Crippen molar-refractivity contribution in [3.05, 3.63) is 33.7 Å². The molecule has 1 aromatic carbocycles. The van der Waals surface area contributed by atoms with E-state index < -0.39 is 13.3 Å². The van der Waals surface area contributed by atoms with E-state index >= 15 is 0 Å². The highest BCUT2D eigenvalue weighted by Gasteiger charge is 2.24. The molecule has 1 rings (SSSR count). The molecule has 8 heteroatoms. The average molecular weight is 246 g/mol. The van der Waals surface area contributed by atoms with Crippen LogP contribution < -0.4 is 0 Å². The number of nitrogens with zero attached hydrogens (tertiary/aromatic N) is 3. The molecule has 0 aromatic heterocycles. The van der Waals surface area contributed by atoms with Crippen molar-refractivity contribution in [3.63, 3.8) is 0 Å². The molecule has 1 aromatic rings. The monoisotopic (exact) mass is 246 g/mol. The normalized spacial score (nSPS) is 11.1. The molecule has 0 saturated heterocycles. The van der Waals surface area contributed by atoms with Crippen LogP contribution in [0.2, 0.25) is 0 Å². The molecule has 0 aliphatic rings. The van der Waals surface area contributed by atoms with Gasteiger partial charge in [-0.3, -0.25) is 0 Å². The van der Waals surface area contributed by atoms with Gasteiger partial charge in [0.05, 0.1) is 0 Å². The van der Waals surface area contributed by atoms with Crippen molar-refractivity contribution < 1.29 is 12.9 Å². The van der Waals surface area contributed by atoms with Crippen molar-refractivity contribution in [2.24, 2.45) is 5.11 Å². The van der Waals surface area contributed by atoms with E-state index in [1.165, 1.54) is 12.1 Å². The second-order valence-corrected chi connectivity index (χ2v) is 3.83. The lowest BCUT2D eigenvalue weighted by Crippen LogP contribution is -2.20. The van der Waals surface area contributed by atoms with Gasteiger partial charge in [0, 0.05) is 15.5 Å². The first-order valence-electron chi connectivity index (χ1n) is 4.42. The van der Waals surface area contributed by atoms with E-state index in [2.05, 4.69) is 22.7 Å². The largest absolute Gasteiger partial charge is 0.482 e. The molecule has 0 radical (unpaired) electrons. The number of azide groups is 1. The predicted molar refractivity (Wildman–Crippen MR) is 60.0 cm³/mol. The molecule has 0 aliphatic carbocycles. The molecular weight excluding hydrogens is 238 g/mol. The highest BCUT2D eigenvalue weighted by Crippen LogP contribution is 2.28. The molecule has 0 unspecified atom stereocenters. The highest BCUT2D eigenvalue weighted by molar-refractivity contribution is 7.80. The predicted octanol–water partition coefficient (Wildman–Crippen LogP) is 4.15. The molecule has 16 heavy (non-hydrogen) atoms. The fourth-order valence-electron chi connectivity index (χ4n) is 1.31. The zero-order chi connectivity index (χ0) is 12.3. The van der Waals surface area contributed by atoms with E-state index in [-0.39, 0.29) is 11.3 Å². The summed E-state index contributed by atoms with van der Waals surface area (Å²) in [5, 5.41) is 3.27. The summed E-state index contributed by atoms with van der Waals surface area (Å²) in [4.78, 5) is 2.92. The van der Waals surface area contributed by atoms with Crippen molar-refractivity contribution in [2.45, 2.75) is 18.1 Å². The Hall–Kier alpha value is -1.27. The van der Waals surface area contributed by atoms with Gasteiger partial charge in [-0.15, -0.1) is 12.6 Å². The van der Waals surface area contributed by atoms with Gasteiger partial charge in [0.25, 0.3) is 0 Å². The summed E-state index contributed by atoms with van der Waals surface area (Å²) in [6.45, 7) is -3.36. The number of rotatable bonds is 3. The maximum atomic E-state index is 12.3. The second-order valence-electron chi connectivity index (χ2n) is 3.35. The molecule has 3 nitrogen and oxygen atoms in total. The summed E-state index contributed by atoms with van der Waals surface area (Å²) >= 11 is 4.04. The smallest absolute Gasteiger partial charge is 0.449 e. The van der Waals surface area contributed by atoms with Crippen molar-refractivity contribution in [2.75, 3.05) is 0 Å². The molecule has 86 valence electrons. The van der Waals surface area contributed by atoms with Crippen LogP contribution in [0.25, 0.3) is 10.4 Å². The number of benzene rings is 1. The van der Waals surface area contributed by atoms with Gasteiger partial charge >= 0.3 is 6.98 Å². The third kappa shape index (κ3) is 3.39. The quantitative estimate of drug-likeness (QED) is 0.274. The van der Waals surface area contributed by atoms with Crippen LogP contribution in [0.15, 0.2) is 22.1 Å². The molecular formula is C8H8BF3N3S-. The fourth-order valence-corrected chi connectivity index (χ4v) is 1.59. The fraction of sp³-hybridized carbons (Fsp3) is 0.250. The number of halogens is 3. The summed E-state index contributed by atoms with van der Waals surface area (Å²) in [7, 11) is 0. The average Bonchev–Trinajstić information content (AvgIpc) is 2.11. The molecule has 0 atom stereocenters. The van der Waals surface area contributed by atoms with Crippen LogP contribution in [0.5, 0.6) is 0 Å². The van der Waals surface area contributed by atoms with E-state index in [0.717, 1.165) is 0 Å². The van der Waals surface area contributed by atoms with Crippen LogP contribution in [0, 0.1) is 6.92 Å². The third-order valence-corrected chi connectivity index (χ3v) is 2.55. The number of hydrogen-bond acceptors (Lipinski definition) is 2. The molecule has 0 amide bonds. The van der Waals surface area contributed by atoms with Crippen molar-refractivity contribution in [3.8, 4) is 0 Å². The third-order valence-electron chi connectivity index (χ3n) is 2.08. The van der Waals surface area contributed by atoms with E-state index in [4.69, 9.17) is 5.53 Å². The van der Waals surface area contributed by atoms with Gasteiger partial charge in [0.15, 0.2) is 0 Å². The molecule has 0 heterocycles. The number of hydrogen-bond donors (Lipinski definition) is 1. The van der Waals surface area contributed by atoms with E-state index in [9.17, 15) is 12.9 Å². The standard InChI is InChI=1S/C8H8BF3N3S/c1-5-6(4-9(10,11)12)2-7(14-15-13)3-8(5)16/h2-3,16H,4H2,1H3/q-1. The van der Waals surface area contributed by atoms with Crippen LogP contribution >= 0.6 is 12.6 Å². The Kier molecular flexibility index (Phi) is 3.77. The zero-order valence-corrected chi connectivity index (χ0v) is 9.26. The van der Waals surface area contributed by atoms with Gasteiger partial charge in [0.2, 0.25) is 0 Å². The van der Waals surface area contributed by atoms with Gasteiger partial charge in [0.1, 0.15) is 0 Å². The second kappa shape index (κ2) is 4.72. The van der Waals surface area contributed by atoms with Crippen LogP contribution in [0.3, 0.4) is 0 Å². The molecule has 0 fully saturated rings. The van der Waals surface area contributed by atoms with E-state index in [1.54, 1.807) is 6.92 Å². The van der Waals surface area contributed by atoms with Crippen LogP contribution in [0.1, 0.15) is 11.1 Å². The first-order chi connectivity index (χ1) is 7.33. The maximum absolute atomic E-state index is 12.3. The minimum atomic E-state index is -4.91. The zero-order valence-electron chi connectivity index (χ0n) is 8.36. The highest BCUT2D eigenvalue weighted by atomic mass is 32.1. The van der Waals surface area contributed by atoms with E-state index in [0.29, 0.717) is 10.5 Å². The molecule has 0 saturated carbocycles. The van der Waals surface area contributed by atoms with Crippen LogP contribution in [-0.4, -0.2) is 6.98 Å². The van der Waals surface area contributed by atoms with Gasteiger partial charge in [-0.2, -0.15) is 0 Å². The summed E-state index contributed by atoms with van der Waals surface area (Å²) in [5.41, 5.74) is 8.92. The minimum Gasteiger partial charge on any atom is -0.449 e. The molecule has 0 bridgehead atoms. The Labute approximate surface area is 95.8 Å². The minimum absolute atomic E-state index is 0.0994. The Balaban J connectivity index is 3.21. The lowest BCUT2D eigenvalue weighted by molar-refractivity contribution is 0.468. The SMILES string of the molecule is Cc1c(S)cc(N=[N+]=[N-])cc1C[B-](F)(F)F. The van der Waals surface area contributed by atoms with E-state index in [1.807, 2.05) is 0 Å². The lowest BCUT2D eigenvalue weighted by atomic mass is 9.80. The summed E-state index contributed by atoms with van der Waals surface area (Å²) in [6.07, 6.45) is -0.992. The molecule has 0 aliphatic heterocycles. The maximum Gasteiger partial charge on any atom is 0.482 e. The Morgan fingerprint density at radius 3 is 2.56 bits per heavy atom. The molecule has 0 spiro atoms. The lowest BCUT2D eigenvalue weighted by Gasteiger charge is -2.17. The Morgan fingerprint density at radius 1 is 1.44 bits per heavy atom. The first kappa shape index (κ1) is 12.8. The van der Waals surface area contributed by atoms with Gasteiger partial charge < -0.3 is 12.9 Å². The Bertz CT molecular complexity index is 455. The topological polar surface area (TPSA) is 48.8 Å². The Morgan fingerprint density at radius 2 is 2.06 bits per heavy atom. The number of thiol groups is 1. The summed E-state index contributed by atoms with van der Waals surface area (Å²) < 4.78 is 36.9. The van der Waals surface area contributed by atoms with Crippen molar-refractivity contribution in [1.29, 1.82) is 0 Å². The van der Waals surface area contributed by atoms with Crippen LogP contribution in [-0.2, 0) is 6.32 Å². The first-order valence-corrected chi connectivity index (χ1v) is 4.87. The summed E-state index contributed by atoms with van der Waals surface area (Å²) in [6, 6.07) is 2.68. The van der Waals surface area contributed by atoms with Crippen LogP contribution in [0.4, 0.5) is 18.6 Å². The van der Waals surface area contributed by atoms with Crippen molar-refractivity contribution >= 4 is 25.3 Å². The van der Waals surface area contributed by atoms with Gasteiger partial charge in [-0.1, -0.05) is 23.1 Å².